The van der Waals surface area contributed by atoms with E-state index in [1.165, 1.54) is 6.07 Å². The summed E-state index contributed by atoms with van der Waals surface area (Å²) in [5, 5.41) is 10.4. The summed E-state index contributed by atoms with van der Waals surface area (Å²) in [4.78, 5) is 12.5. The molecule has 2 N–H and O–H groups in total. The van der Waals surface area contributed by atoms with Crippen molar-refractivity contribution in [2.45, 2.75) is 39.3 Å². The Morgan fingerprint density at radius 3 is 2.86 bits per heavy atom. The molecule has 0 saturated carbocycles. The quantitative estimate of drug-likeness (QED) is 0.702. The van der Waals surface area contributed by atoms with Crippen LogP contribution in [0.25, 0.3) is 0 Å². The number of urea groups is 1. The third-order valence-electron chi connectivity index (χ3n) is 5.11. The van der Waals surface area contributed by atoms with Gasteiger partial charge in [0.2, 0.25) is 0 Å². The molecule has 0 aliphatic heterocycles. The monoisotopic (exact) mass is 378 g/mol. The van der Waals surface area contributed by atoms with Crippen LogP contribution in [0.5, 0.6) is 0 Å². The number of nitrogens with one attached hydrogen (secondary N) is 2. The van der Waals surface area contributed by atoms with Crippen LogP contribution >= 0.6 is 0 Å². The third kappa shape index (κ3) is 3.91. The maximum atomic E-state index is 13.4. The lowest BCUT2D eigenvalue weighted by molar-refractivity contribution is 0.248. The Hall–Kier alpha value is -3.15. The Morgan fingerprint density at radius 1 is 1.21 bits per heavy atom. The van der Waals surface area contributed by atoms with Gasteiger partial charge in [-0.25, -0.2) is 9.18 Å². The van der Waals surface area contributed by atoms with Crippen LogP contribution in [-0.4, -0.2) is 15.8 Å². The Morgan fingerprint density at radius 2 is 2.07 bits per heavy atom. The molecule has 6 heteroatoms. The molecular weight excluding hydrogens is 355 g/mol. The predicted octanol–water partition coefficient (Wildman–Crippen LogP) is 4.50. The minimum absolute atomic E-state index is 0.0894. The topological polar surface area (TPSA) is 59.0 Å². The van der Waals surface area contributed by atoms with E-state index in [1.807, 2.05) is 48.9 Å². The minimum atomic E-state index is -0.259. The number of halogens is 1. The van der Waals surface area contributed by atoms with Crippen LogP contribution in [0.4, 0.5) is 14.9 Å². The number of benzene rings is 2. The second-order valence-electron chi connectivity index (χ2n) is 7.32. The number of hydrogen-bond donors (Lipinski definition) is 2. The molecule has 1 aliphatic rings. The molecular formula is C22H23FN4O. The van der Waals surface area contributed by atoms with Crippen molar-refractivity contribution < 1.29 is 9.18 Å². The van der Waals surface area contributed by atoms with Gasteiger partial charge in [0.25, 0.3) is 0 Å². The molecule has 2 amide bonds. The smallest absolute Gasteiger partial charge is 0.319 e. The Balaban J connectivity index is 1.41. The first-order valence-corrected chi connectivity index (χ1v) is 9.44. The number of aromatic nitrogens is 2. The van der Waals surface area contributed by atoms with Gasteiger partial charge in [-0.1, -0.05) is 18.2 Å². The first kappa shape index (κ1) is 18.2. The van der Waals surface area contributed by atoms with Gasteiger partial charge < -0.3 is 10.6 Å². The van der Waals surface area contributed by atoms with Gasteiger partial charge in [-0.2, -0.15) is 5.10 Å². The molecule has 4 rings (SSSR count). The highest BCUT2D eigenvalue weighted by atomic mass is 19.1. The number of carbonyl (C=O) groups excluding carboxylic acids is 1. The number of carbonyl (C=O) groups is 1. The molecule has 2 aromatic carbocycles. The summed E-state index contributed by atoms with van der Waals surface area (Å²) >= 11 is 0. The van der Waals surface area contributed by atoms with Crippen LogP contribution in [0.15, 0.2) is 48.5 Å². The van der Waals surface area contributed by atoms with E-state index in [1.54, 1.807) is 12.1 Å². The summed E-state index contributed by atoms with van der Waals surface area (Å²) in [6.07, 6.45) is 1.56. The predicted molar refractivity (Wildman–Crippen MR) is 107 cm³/mol. The van der Waals surface area contributed by atoms with Gasteiger partial charge in [-0.15, -0.1) is 0 Å². The molecule has 3 aromatic rings. The van der Waals surface area contributed by atoms with Gasteiger partial charge >= 0.3 is 6.03 Å². The lowest BCUT2D eigenvalue weighted by Gasteiger charge is -2.15. The second-order valence-corrected chi connectivity index (χ2v) is 7.32. The number of aryl methyl sites for hydroxylation is 3. The number of fused-ring (bicyclic) bond motifs is 1. The average molecular weight is 378 g/mol. The van der Waals surface area contributed by atoms with E-state index < -0.39 is 0 Å². The molecule has 0 saturated heterocycles. The molecule has 28 heavy (non-hydrogen) atoms. The molecule has 0 radical (unpaired) electrons. The lowest BCUT2D eigenvalue weighted by Crippen LogP contribution is -2.31. The highest BCUT2D eigenvalue weighted by Gasteiger charge is 2.24. The molecule has 144 valence electrons. The summed E-state index contributed by atoms with van der Waals surface area (Å²) in [7, 11) is 0. The van der Waals surface area contributed by atoms with Crippen molar-refractivity contribution in [3.05, 3.63) is 82.4 Å². The van der Waals surface area contributed by atoms with E-state index in [2.05, 4.69) is 15.7 Å². The SMILES string of the molecule is Cc1cc(C)n(Cc2cccc(NC(=O)NC3CCc4cc(F)ccc43)c2)n1. The van der Waals surface area contributed by atoms with Crippen molar-refractivity contribution >= 4 is 11.7 Å². The van der Waals surface area contributed by atoms with Crippen LogP contribution < -0.4 is 10.6 Å². The summed E-state index contributed by atoms with van der Waals surface area (Å²) in [5.41, 5.74) is 5.85. The summed E-state index contributed by atoms with van der Waals surface area (Å²) in [6, 6.07) is 14.2. The molecule has 1 heterocycles. The lowest BCUT2D eigenvalue weighted by atomic mass is 10.1. The standard InChI is InChI=1S/C22H23FN4O/c1-14-10-15(2)27(26-14)13-16-4-3-5-19(11-16)24-22(28)25-21-9-6-17-12-18(23)7-8-20(17)21/h3-5,7-8,10-12,21H,6,9,13H2,1-2H3,(H2,24,25,28). The molecule has 1 atom stereocenters. The van der Waals surface area contributed by atoms with E-state index in [0.717, 1.165) is 46.6 Å². The van der Waals surface area contributed by atoms with Gasteiger partial charge in [0.1, 0.15) is 5.82 Å². The second kappa shape index (κ2) is 7.46. The van der Waals surface area contributed by atoms with Gasteiger partial charge in [-0.05, 0) is 73.7 Å². The number of amides is 2. The van der Waals surface area contributed by atoms with Gasteiger partial charge in [0, 0.05) is 11.4 Å². The van der Waals surface area contributed by atoms with Crippen molar-refractivity contribution in [3.63, 3.8) is 0 Å². The highest BCUT2D eigenvalue weighted by Crippen LogP contribution is 2.31. The minimum Gasteiger partial charge on any atom is -0.331 e. The molecule has 5 nitrogen and oxygen atoms in total. The van der Waals surface area contributed by atoms with Crippen molar-refractivity contribution in [1.29, 1.82) is 0 Å². The van der Waals surface area contributed by atoms with Crippen molar-refractivity contribution in [3.8, 4) is 0 Å². The van der Waals surface area contributed by atoms with E-state index in [4.69, 9.17) is 0 Å². The molecule has 1 unspecified atom stereocenters. The molecule has 1 aliphatic carbocycles. The molecule has 0 spiro atoms. The largest absolute Gasteiger partial charge is 0.331 e. The van der Waals surface area contributed by atoms with Crippen LogP contribution in [-0.2, 0) is 13.0 Å². The van der Waals surface area contributed by atoms with Crippen molar-refractivity contribution in [2.75, 3.05) is 5.32 Å². The zero-order chi connectivity index (χ0) is 19.7. The van der Waals surface area contributed by atoms with Crippen molar-refractivity contribution in [2.24, 2.45) is 0 Å². The molecule has 0 fully saturated rings. The van der Waals surface area contributed by atoms with Crippen LogP contribution in [0, 0.1) is 19.7 Å². The van der Waals surface area contributed by atoms with E-state index in [9.17, 15) is 9.18 Å². The zero-order valence-electron chi connectivity index (χ0n) is 16.0. The van der Waals surface area contributed by atoms with Crippen LogP contribution in [0.2, 0.25) is 0 Å². The summed E-state index contributed by atoms with van der Waals surface area (Å²) in [6.45, 7) is 4.65. The number of anilines is 1. The Kier molecular flexibility index (Phi) is 4.86. The number of hydrogen-bond acceptors (Lipinski definition) is 2. The Labute approximate surface area is 163 Å². The maximum absolute atomic E-state index is 13.4. The fourth-order valence-electron chi connectivity index (χ4n) is 3.82. The normalized spacial score (nSPS) is 15.3. The zero-order valence-corrected chi connectivity index (χ0v) is 16.0. The van der Waals surface area contributed by atoms with Crippen LogP contribution in [0.1, 0.15) is 40.5 Å². The highest BCUT2D eigenvalue weighted by molar-refractivity contribution is 5.89. The van der Waals surface area contributed by atoms with E-state index in [0.29, 0.717) is 6.54 Å². The Bertz CT molecular complexity index is 1030. The fourth-order valence-corrected chi connectivity index (χ4v) is 3.82. The van der Waals surface area contributed by atoms with Gasteiger partial charge in [-0.3, -0.25) is 4.68 Å². The van der Waals surface area contributed by atoms with Crippen molar-refractivity contribution in [1.82, 2.24) is 15.1 Å². The summed E-state index contributed by atoms with van der Waals surface area (Å²) in [5.74, 6) is -0.233. The number of nitrogens with zero attached hydrogens (tertiary/aromatic N) is 2. The molecule has 1 aromatic heterocycles. The number of rotatable bonds is 4. The average Bonchev–Trinajstić information content (AvgIpc) is 3.17. The molecule has 0 bridgehead atoms. The maximum Gasteiger partial charge on any atom is 0.319 e. The fraction of sp³-hybridized carbons (Fsp3) is 0.273. The van der Waals surface area contributed by atoms with Gasteiger partial charge in [0.05, 0.1) is 18.3 Å². The third-order valence-corrected chi connectivity index (χ3v) is 5.11. The van der Waals surface area contributed by atoms with Gasteiger partial charge in [0.15, 0.2) is 0 Å². The van der Waals surface area contributed by atoms with E-state index in [-0.39, 0.29) is 17.9 Å². The van der Waals surface area contributed by atoms with E-state index >= 15 is 0 Å². The first-order chi connectivity index (χ1) is 13.5. The summed E-state index contributed by atoms with van der Waals surface area (Å²) < 4.78 is 15.3. The van der Waals surface area contributed by atoms with Crippen LogP contribution in [0.3, 0.4) is 0 Å². The first-order valence-electron chi connectivity index (χ1n) is 9.44.